The van der Waals surface area contributed by atoms with Gasteiger partial charge < -0.3 is 10.2 Å². The third-order valence-corrected chi connectivity index (χ3v) is 4.73. The van der Waals surface area contributed by atoms with Crippen molar-refractivity contribution in [2.75, 3.05) is 25.0 Å². The lowest BCUT2D eigenvalue weighted by Crippen LogP contribution is -2.44. The molecule has 4 amide bonds. The summed E-state index contributed by atoms with van der Waals surface area (Å²) in [5.41, 5.74) is 1.24. The van der Waals surface area contributed by atoms with Crippen molar-refractivity contribution in [2.24, 2.45) is 0 Å². The normalized spacial score (nSPS) is 12.7. The van der Waals surface area contributed by atoms with Crippen molar-refractivity contribution in [2.45, 2.75) is 0 Å². The number of amides is 4. The molecule has 0 aromatic heterocycles. The monoisotopic (exact) mass is 429 g/mol. The van der Waals surface area contributed by atoms with Crippen molar-refractivity contribution in [1.29, 1.82) is 0 Å². The van der Waals surface area contributed by atoms with Gasteiger partial charge in [0, 0.05) is 17.2 Å². The highest BCUT2D eigenvalue weighted by atomic mass is 79.9. The first-order chi connectivity index (χ1) is 12.9. The van der Waals surface area contributed by atoms with Crippen LogP contribution in [0.4, 0.5) is 5.69 Å². The molecule has 1 heterocycles. The van der Waals surface area contributed by atoms with Crippen molar-refractivity contribution >= 4 is 45.2 Å². The van der Waals surface area contributed by atoms with E-state index < -0.39 is 24.3 Å². The number of halogens is 1. The minimum absolute atomic E-state index is 0.242. The topological polar surface area (TPSA) is 86.8 Å². The second kappa shape index (κ2) is 7.71. The number of benzene rings is 2. The van der Waals surface area contributed by atoms with Gasteiger partial charge in [0.15, 0.2) is 0 Å². The molecular formula is C19H16BrN3O4. The Morgan fingerprint density at radius 1 is 1.00 bits per heavy atom. The van der Waals surface area contributed by atoms with E-state index in [0.29, 0.717) is 5.69 Å². The van der Waals surface area contributed by atoms with E-state index in [2.05, 4.69) is 21.2 Å². The summed E-state index contributed by atoms with van der Waals surface area (Å²) in [5.74, 6) is -1.93. The van der Waals surface area contributed by atoms with Crippen LogP contribution in [-0.4, -0.2) is 48.7 Å². The van der Waals surface area contributed by atoms with Crippen LogP contribution in [0, 0.1) is 0 Å². The maximum atomic E-state index is 12.2. The number of imide groups is 1. The Labute approximate surface area is 164 Å². The number of carbonyl (C=O) groups is 4. The first-order valence-corrected chi connectivity index (χ1v) is 8.92. The molecule has 1 aliphatic rings. The van der Waals surface area contributed by atoms with Gasteiger partial charge in [-0.05, 0) is 36.4 Å². The molecule has 2 aromatic carbocycles. The van der Waals surface area contributed by atoms with E-state index in [1.54, 1.807) is 55.6 Å². The lowest BCUT2D eigenvalue weighted by atomic mass is 10.1. The first kappa shape index (κ1) is 18.8. The summed E-state index contributed by atoms with van der Waals surface area (Å²) in [5, 5.41) is 2.45. The van der Waals surface area contributed by atoms with Crippen LogP contribution in [0.3, 0.4) is 0 Å². The second-order valence-corrected chi connectivity index (χ2v) is 6.86. The van der Waals surface area contributed by atoms with Gasteiger partial charge in [0.05, 0.1) is 17.7 Å². The van der Waals surface area contributed by atoms with Gasteiger partial charge in [-0.25, -0.2) is 0 Å². The standard InChI is InChI=1S/C19H16BrN3O4/c1-22(13-8-6-12(20)7-9-13)17(25)10-21-16(24)11-23-18(26)14-4-2-3-5-15(14)19(23)27/h2-9H,10-11H2,1H3,(H,21,24). The molecule has 0 radical (unpaired) electrons. The number of rotatable bonds is 5. The fraction of sp³-hybridized carbons (Fsp3) is 0.158. The number of anilines is 1. The zero-order valence-electron chi connectivity index (χ0n) is 14.4. The third kappa shape index (κ3) is 3.90. The molecular weight excluding hydrogens is 414 g/mol. The van der Waals surface area contributed by atoms with Crippen molar-refractivity contribution in [3.8, 4) is 0 Å². The zero-order valence-corrected chi connectivity index (χ0v) is 16.0. The molecule has 0 saturated carbocycles. The first-order valence-electron chi connectivity index (χ1n) is 8.12. The van der Waals surface area contributed by atoms with Gasteiger partial charge in [0.25, 0.3) is 11.8 Å². The number of carbonyl (C=O) groups excluding carboxylic acids is 4. The van der Waals surface area contributed by atoms with Crippen LogP contribution in [0.25, 0.3) is 0 Å². The van der Waals surface area contributed by atoms with Gasteiger partial charge >= 0.3 is 0 Å². The quantitative estimate of drug-likeness (QED) is 0.734. The lowest BCUT2D eigenvalue weighted by molar-refractivity contribution is -0.125. The molecule has 0 atom stereocenters. The lowest BCUT2D eigenvalue weighted by Gasteiger charge is -2.18. The molecule has 0 spiro atoms. The number of nitrogens with one attached hydrogen (secondary N) is 1. The molecule has 0 saturated heterocycles. The third-order valence-electron chi connectivity index (χ3n) is 4.20. The highest BCUT2D eigenvalue weighted by Gasteiger charge is 2.36. The molecule has 0 unspecified atom stereocenters. The summed E-state index contributed by atoms with van der Waals surface area (Å²) >= 11 is 3.32. The van der Waals surface area contributed by atoms with Gasteiger partial charge in [-0.3, -0.25) is 24.1 Å². The van der Waals surface area contributed by atoms with Crippen LogP contribution in [0.2, 0.25) is 0 Å². The highest BCUT2D eigenvalue weighted by Crippen LogP contribution is 2.22. The van der Waals surface area contributed by atoms with E-state index in [0.717, 1.165) is 9.37 Å². The number of hydrogen-bond donors (Lipinski definition) is 1. The minimum atomic E-state index is -0.581. The van der Waals surface area contributed by atoms with E-state index >= 15 is 0 Å². The number of likely N-dealkylation sites (N-methyl/N-ethyl adjacent to an activating group) is 1. The number of nitrogens with zero attached hydrogens (tertiary/aromatic N) is 2. The fourth-order valence-corrected chi connectivity index (χ4v) is 2.95. The van der Waals surface area contributed by atoms with Crippen molar-refractivity contribution < 1.29 is 19.2 Å². The summed E-state index contributed by atoms with van der Waals surface area (Å²) in [4.78, 5) is 51.1. The number of fused-ring (bicyclic) bond motifs is 1. The predicted octanol–water partition coefficient (Wildman–Crippen LogP) is 1.82. The van der Waals surface area contributed by atoms with E-state index in [1.165, 1.54) is 4.90 Å². The van der Waals surface area contributed by atoms with Crippen LogP contribution < -0.4 is 10.2 Å². The fourth-order valence-electron chi connectivity index (χ4n) is 2.68. The summed E-state index contributed by atoms with van der Waals surface area (Å²) in [6, 6.07) is 13.5. The van der Waals surface area contributed by atoms with Gasteiger partial charge in [0.2, 0.25) is 11.8 Å². The van der Waals surface area contributed by atoms with Crippen LogP contribution in [0.1, 0.15) is 20.7 Å². The Morgan fingerprint density at radius 2 is 1.56 bits per heavy atom. The molecule has 7 nitrogen and oxygen atoms in total. The molecule has 0 aliphatic carbocycles. The molecule has 1 aliphatic heterocycles. The van der Waals surface area contributed by atoms with Gasteiger partial charge in [-0.2, -0.15) is 0 Å². The Balaban J connectivity index is 1.56. The second-order valence-electron chi connectivity index (χ2n) is 5.95. The molecule has 0 fully saturated rings. The predicted molar refractivity (Wildman–Crippen MR) is 102 cm³/mol. The summed E-state index contributed by atoms with van der Waals surface area (Å²) in [7, 11) is 1.60. The van der Waals surface area contributed by atoms with Crippen LogP contribution in [0.15, 0.2) is 53.0 Å². The van der Waals surface area contributed by atoms with E-state index in [1.807, 2.05) is 0 Å². The molecule has 1 N–H and O–H groups in total. The van der Waals surface area contributed by atoms with Crippen molar-refractivity contribution in [3.05, 3.63) is 64.1 Å². The van der Waals surface area contributed by atoms with E-state index in [4.69, 9.17) is 0 Å². The Kier molecular flexibility index (Phi) is 5.36. The van der Waals surface area contributed by atoms with Gasteiger partial charge in [0.1, 0.15) is 6.54 Å². The smallest absolute Gasteiger partial charge is 0.262 e. The maximum absolute atomic E-state index is 12.2. The summed E-state index contributed by atoms with van der Waals surface area (Å²) < 4.78 is 0.890. The Hall–Kier alpha value is -3.00. The molecule has 3 rings (SSSR count). The Morgan fingerprint density at radius 3 is 2.11 bits per heavy atom. The molecule has 138 valence electrons. The van der Waals surface area contributed by atoms with Crippen LogP contribution >= 0.6 is 15.9 Å². The average Bonchev–Trinajstić information content (AvgIpc) is 2.91. The average molecular weight is 430 g/mol. The maximum Gasteiger partial charge on any atom is 0.262 e. The van der Waals surface area contributed by atoms with E-state index in [-0.39, 0.29) is 23.6 Å². The Bertz CT molecular complexity index is 892. The molecule has 8 heteroatoms. The van der Waals surface area contributed by atoms with E-state index in [9.17, 15) is 19.2 Å². The minimum Gasteiger partial charge on any atom is -0.345 e. The van der Waals surface area contributed by atoms with Crippen LogP contribution in [0.5, 0.6) is 0 Å². The zero-order chi connectivity index (χ0) is 19.6. The van der Waals surface area contributed by atoms with Crippen molar-refractivity contribution in [3.63, 3.8) is 0 Å². The molecule has 27 heavy (non-hydrogen) atoms. The summed E-state index contributed by atoms with van der Waals surface area (Å²) in [6.45, 7) is -0.670. The molecule has 0 bridgehead atoms. The summed E-state index contributed by atoms with van der Waals surface area (Å²) in [6.07, 6.45) is 0. The SMILES string of the molecule is CN(C(=O)CNC(=O)CN1C(=O)c2ccccc2C1=O)c1ccc(Br)cc1. The molecule has 2 aromatic rings. The van der Waals surface area contributed by atoms with Crippen LogP contribution in [-0.2, 0) is 9.59 Å². The number of hydrogen-bond acceptors (Lipinski definition) is 4. The highest BCUT2D eigenvalue weighted by molar-refractivity contribution is 9.10. The van der Waals surface area contributed by atoms with Crippen molar-refractivity contribution in [1.82, 2.24) is 10.2 Å². The van der Waals surface area contributed by atoms with Gasteiger partial charge in [-0.15, -0.1) is 0 Å². The van der Waals surface area contributed by atoms with Gasteiger partial charge in [-0.1, -0.05) is 28.1 Å². The largest absolute Gasteiger partial charge is 0.345 e.